The number of aromatic nitrogens is 2. The van der Waals surface area contributed by atoms with Crippen molar-refractivity contribution in [1.29, 1.82) is 0 Å². The maximum Gasteiger partial charge on any atom is 0.180 e. The molecule has 1 aromatic rings. The van der Waals surface area contributed by atoms with Crippen molar-refractivity contribution in [3.05, 3.63) is 23.0 Å². The lowest BCUT2D eigenvalue weighted by Gasteiger charge is -2.15. The van der Waals surface area contributed by atoms with E-state index >= 15 is 0 Å². The fraction of sp³-hybridized carbons (Fsp3) is 0.375. The van der Waals surface area contributed by atoms with E-state index in [0.29, 0.717) is 5.69 Å². The summed E-state index contributed by atoms with van der Waals surface area (Å²) in [6, 6.07) is 1.79. The molecule has 0 aliphatic heterocycles. The second-order valence-corrected chi connectivity index (χ2v) is 9.56. The van der Waals surface area contributed by atoms with Gasteiger partial charge in [-0.2, -0.15) is 5.10 Å². The van der Waals surface area contributed by atoms with Gasteiger partial charge in [0.2, 0.25) is 0 Å². The van der Waals surface area contributed by atoms with Crippen molar-refractivity contribution >= 4 is 53.6 Å². The Morgan fingerprint density at radius 2 is 1.93 bits per heavy atom. The van der Waals surface area contributed by atoms with Crippen LogP contribution in [0.25, 0.3) is 0 Å². The zero-order chi connectivity index (χ0) is 10.9. The zero-order valence-corrected chi connectivity index (χ0v) is 12.3. The summed E-state index contributed by atoms with van der Waals surface area (Å²) in [5.41, 5.74) is 1.83. The van der Waals surface area contributed by atoms with Crippen LogP contribution in [0.15, 0.2) is 6.07 Å². The highest BCUT2D eigenvalue weighted by molar-refractivity contribution is 9.38. The summed E-state index contributed by atoms with van der Waals surface area (Å²) in [7, 11) is 0. The summed E-state index contributed by atoms with van der Waals surface area (Å²) >= 11 is 10.1. The maximum absolute atomic E-state index is 11.3. The summed E-state index contributed by atoms with van der Waals surface area (Å²) in [6.07, 6.45) is 0. The van der Waals surface area contributed by atoms with E-state index in [2.05, 4.69) is 58.0 Å². The number of rotatable bonds is 1. The van der Waals surface area contributed by atoms with Crippen LogP contribution in [0.1, 0.15) is 28.7 Å². The molecule has 0 saturated heterocycles. The molecule has 1 rings (SSSR count). The molecule has 0 atom stereocenters. The minimum atomic E-state index is -0.630. The summed E-state index contributed by atoms with van der Waals surface area (Å²) in [6.45, 7) is 3.28. The van der Waals surface area contributed by atoms with Gasteiger partial charge in [0.05, 0.1) is 5.69 Å². The Morgan fingerprint density at radius 1 is 1.36 bits per heavy atom. The number of ketones is 1. The minimum Gasteiger partial charge on any atom is -0.293 e. The van der Waals surface area contributed by atoms with Crippen molar-refractivity contribution in [1.82, 2.24) is 10.2 Å². The van der Waals surface area contributed by atoms with Gasteiger partial charge in [0.15, 0.2) is 7.93 Å². The molecule has 0 amide bonds. The van der Waals surface area contributed by atoms with Gasteiger partial charge >= 0.3 is 0 Å². The van der Waals surface area contributed by atoms with Gasteiger partial charge in [-0.25, -0.2) is 0 Å². The molecule has 6 heteroatoms. The van der Waals surface area contributed by atoms with Crippen LogP contribution < -0.4 is 0 Å². The second-order valence-electron chi connectivity index (χ2n) is 2.80. The Balaban J connectivity index is 3.38. The van der Waals surface area contributed by atoms with Gasteiger partial charge in [-0.1, -0.05) is 47.8 Å². The predicted octanol–water partition coefficient (Wildman–Crippen LogP) is 3.28. The van der Waals surface area contributed by atoms with E-state index in [9.17, 15) is 4.79 Å². The average molecular weight is 387 g/mol. The third-order valence-corrected chi connectivity index (χ3v) is 2.84. The molecule has 0 aliphatic carbocycles. The van der Waals surface area contributed by atoms with Crippen molar-refractivity contribution < 1.29 is 4.79 Å². The molecule has 1 heterocycles. The fourth-order valence-corrected chi connectivity index (χ4v) is 1.87. The first kappa shape index (κ1) is 12.3. The molecule has 0 spiro atoms. The minimum absolute atomic E-state index is 0.116. The van der Waals surface area contributed by atoms with Gasteiger partial charge in [0.25, 0.3) is 0 Å². The largest absolute Gasteiger partial charge is 0.293 e. The number of carbonyl (C=O) groups excluding carboxylic acids is 1. The van der Waals surface area contributed by atoms with E-state index < -0.39 is 2.14 Å². The van der Waals surface area contributed by atoms with E-state index in [4.69, 9.17) is 0 Å². The van der Waals surface area contributed by atoms with Crippen LogP contribution in [0.5, 0.6) is 0 Å². The Bertz CT molecular complexity index is 373. The monoisotopic (exact) mass is 384 g/mol. The first-order chi connectivity index (χ1) is 6.32. The van der Waals surface area contributed by atoms with Crippen LogP contribution in [0.3, 0.4) is 0 Å². The number of carbonyl (C=O) groups is 1. The standard InChI is InChI=1S/C8H7Br3N2O/c1-4-3-6(8(9,10)11)7(5(2)14)13-12-4/h3H,1-2H3. The van der Waals surface area contributed by atoms with Gasteiger partial charge in [-0.15, -0.1) is 5.10 Å². The second kappa shape index (κ2) is 4.37. The quantitative estimate of drug-likeness (QED) is 0.549. The molecule has 76 valence electrons. The smallest absolute Gasteiger partial charge is 0.180 e. The van der Waals surface area contributed by atoms with Crippen molar-refractivity contribution in [3.63, 3.8) is 0 Å². The molecule has 3 nitrogen and oxygen atoms in total. The van der Waals surface area contributed by atoms with Gasteiger partial charge in [-0.3, -0.25) is 4.79 Å². The Kier molecular flexibility index (Phi) is 3.82. The molecule has 14 heavy (non-hydrogen) atoms. The van der Waals surface area contributed by atoms with Crippen LogP contribution in [0.4, 0.5) is 0 Å². The van der Waals surface area contributed by atoms with Crippen molar-refractivity contribution in [3.8, 4) is 0 Å². The third kappa shape index (κ3) is 2.84. The van der Waals surface area contributed by atoms with Gasteiger partial charge in [0.1, 0.15) is 5.69 Å². The number of Topliss-reactive ketones (excluding diaryl/α,β-unsaturated/α-hetero) is 1. The first-order valence-electron chi connectivity index (χ1n) is 3.75. The van der Waals surface area contributed by atoms with E-state index in [1.54, 1.807) is 6.07 Å². The topological polar surface area (TPSA) is 42.9 Å². The molecule has 0 radical (unpaired) electrons. The fourth-order valence-electron chi connectivity index (χ4n) is 0.965. The molecule has 0 N–H and O–H groups in total. The molecule has 0 saturated carbocycles. The average Bonchev–Trinajstić information content (AvgIpc) is 2.01. The van der Waals surface area contributed by atoms with E-state index in [1.165, 1.54) is 6.92 Å². The number of alkyl halides is 3. The van der Waals surface area contributed by atoms with Gasteiger partial charge < -0.3 is 0 Å². The van der Waals surface area contributed by atoms with E-state index in [0.717, 1.165) is 11.3 Å². The van der Waals surface area contributed by atoms with Crippen LogP contribution in [0.2, 0.25) is 0 Å². The normalized spacial score (nSPS) is 11.5. The van der Waals surface area contributed by atoms with Crippen LogP contribution in [0, 0.1) is 6.92 Å². The maximum atomic E-state index is 11.3. The molecule has 0 aromatic carbocycles. The highest BCUT2D eigenvalue weighted by atomic mass is 80.0. The van der Waals surface area contributed by atoms with E-state index in [-0.39, 0.29) is 5.78 Å². The Morgan fingerprint density at radius 3 is 2.36 bits per heavy atom. The molecule has 1 aromatic heterocycles. The van der Waals surface area contributed by atoms with E-state index in [1.807, 2.05) is 6.92 Å². The lowest BCUT2D eigenvalue weighted by molar-refractivity contribution is 0.101. The molecular weight excluding hydrogens is 380 g/mol. The molecular formula is C8H7Br3N2O. The summed E-state index contributed by atoms with van der Waals surface area (Å²) in [5, 5.41) is 7.70. The van der Waals surface area contributed by atoms with Crippen molar-refractivity contribution in [2.45, 2.75) is 16.0 Å². The first-order valence-corrected chi connectivity index (χ1v) is 6.12. The predicted molar refractivity (Wildman–Crippen MR) is 65.2 cm³/mol. The van der Waals surface area contributed by atoms with Gasteiger partial charge in [0, 0.05) is 12.5 Å². The number of nitrogens with zero attached hydrogens (tertiary/aromatic N) is 2. The molecule has 0 bridgehead atoms. The third-order valence-electron chi connectivity index (χ3n) is 1.55. The summed E-state index contributed by atoms with van der Waals surface area (Å²) < 4.78 is -0.630. The van der Waals surface area contributed by atoms with Crippen molar-refractivity contribution in [2.75, 3.05) is 0 Å². The molecule has 0 fully saturated rings. The van der Waals surface area contributed by atoms with Crippen LogP contribution >= 0.6 is 47.8 Å². The van der Waals surface area contributed by atoms with Crippen LogP contribution in [-0.4, -0.2) is 16.0 Å². The Labute approximate surface area is 107 Å². The number of hydrogen-bond acceptors (Lipinski definition) is 3. The number of halogens is 3. The molecule has 0 aliphatic rings. The number of aryl methyl sites for hydroxylation is 1. The van der Waals surface area contributed by atoms with Crippen LogP contribution in [-0.2, 0) is 2.14 Å². The summed E-state index contributed by atoms with van der Waals surface area (Å²) in [4.78, 5) is 11.3. The molecule has 0 unspecified atom stereocenters. The SMILES string of the molecule is CC(=O)c1nnc(C)cc1C(Br)(Br)Br. The Hall–Kier alpha value is 0.190. The van der Waals surface area contributed by atoms with Gasteiger partial charge in [-0.05, 0) is 13.0 Å². The number of hydrogen-bond donors (Lipinski definition) is 0. The highest BCUT2D eigenvalue weighted by Gasteiger charge is 2.27. The lowest BCUT2D eigenvalue weighted by atomic mass is 10.1. The lowest BCUT2D eigenvalue weighted by Crippen LogP contribution is -2.11. The highest BCUT2D eigenvalue weighted by Crippen LogP contribution is 2.45. The summed E-state index contributed by atoms with van der Waals surface area (Å²) in [5.74, 6) is -0.116. The zero-order valence-electron chi connectivity index (χ0n) is 7.51. The van der Waals surface area contributed by atoms with Crippen molar-refractivity contribution in [2.24, 2.45) is 0 Å².